The van der Waals surface area contributed by atoms with Gasteiger partial charge in [-0.1, -0.05) is 57.6 Å². The molecule has 0 aliphatic carbocycles. The molecule has 0 rings (SSSR count). The molecular weight excluding hydrogens is 320 g/mol. The van der Waals surface area contributed by atoms with E-state index in [1.807, 2.05) is 0 Å². The van der Waals surface area contributed by atoms with Crippen molar-refractivity contribution in [3.63, 3.8) is 0 Å². The summed E-state index contributed by atoms with van der Waals surface area (Å²) in [6, 6.07) is 0. The third kappa shape index (κ3) is 17.1. The van der Waals surface area contributed by atoms with Crippen LogP contribution >= 0.6 is 0 Å². The van der Waals surface area contributed by atoms with Crippen molar-refractivity contribution in [2.75, 3.05) is 0 Å². The highest BCUT2D eigenvalue weighted by atomic mass is 16.5. The molecule has 2 unspecified atom stereocenters. The quantitative estimate of drug-likeness (QED) is 0.183. The second kappa shape index (κ2) is 18.0. The summed E-state index contributed by atoms with van der Waals surface area (Å²) in [5, 5.41) is 0. The van der Waals surface area contributed by atoms with E-state index in [2.05, 4.69) is 53.7 Å². The number of unbranched alkanes of at least 4 members (excludes halogenated alkanes) is 4. The SMILES string of the molecule is [CH2]C/C=C/CCC(CCCCCCC(CCCC)OC(C)C)OC(C)C. The Kier molecular flexibility index (Phi) is 17.8. The Morgan fingerprint density at radius 3 is 1.65 bits per heavy atom. The van der Waals surface area contributed by atoms with Gasteiger partial charge in [0.25, 0.3) is 0 Å². The van der Waals surface area contributed by atoms with Crippen LogP contribution in [0.25, 0.3) is 0 Å². The van der Waals surface area contributed by atoms with Crippen molar-refractivity contribution in [1.82, 2.24) is 0 Å². The minimum Gasteiger partial charge on any atom is -0.376 e. The second-order valence-electron chi connectivity index (χ2n) is 8.08. The van der Waals surface area contributed by atoms with Gasteiger partial charge in [0, 0.05) is 0 Å². The van der Waals surface area contributed by atoms with Gasteiger partial charge in [-0.3, -0.25) is 0 Å². The zero-order chi connectivity index (χ0) is 19.6. The molecule has 155 valence electrons. The van der Waals surface area contributed by atoms with Crippen LogP contribution in [-0.2, 0) is 9.47 Å². The molecule has 0 amide bonds. The molecule has 0 saturated heterocycles. The van der Waals surface area contributed by atoms with Crippen LogP contribution in [-0.4, -0.2) is 24.4 Å². The Balaban J connectivity index is 3.93. The number of rotatable bonds is 18. The molecule has 0 spiro atoms. The fraction of sp³-hybridized carbons (Fsp3) is 0.875. The topological polar surface area (TPSA) is 18.5 Å². The lowest BCUT2D eigenvalue weighted by atomic mass is 10.0. The van der Waals surface area contributed by atoms with Gasteiger partial charge in [0.2, 0.25) is 0 Å². The zero-order valence-electron chi connectivity index (χ0n) is 18.5. The molecule has 0 aromatic heterocycles. The predicted octanol–water partition coefficient (Wildman–Crippen LogP) is 7.66. The van der Waals surface area contributed by atoms with Crippen LogP contribution in [0.2, 0.25) is 0 Å². The van der Waals surface area contributed by atoms with Gasteiger partial charge in [-0.2, -0.15) is 0 Å². The summed E-state index contributed by atoms with van der Waals surface area (Å²) < 4.78 is 12.2. The first-order chi connectivity index (χ1) is 12.5. The number of allylic oxidation sites excluding steroid dienone is 2. The van der Waals surface area contributed by atoms with Gasteiger partial charge >= 0.3 is 0 Å². The van der Waals surface area contributed by atoms with Crippen molar-refractivity contribution < 1.29 is 9.47 Å². The number of ether oxygens (including phenoxy) is 2. The van der Waals surface area contributed by atoms with Crippen molar-refractivity contribution in [2.24, 2.45) is 0 Å². The van der Waals surface area contributed by atoms with Gasteiger partial charge in [-0.05, 0) is 73.1 Å². The summed E-state index contributed by atoms with van der Waals surface area (Å²) in [5.74, 6) is 0. The van der Waals surface area contributed by atoms with Gasteiger partial charge in [-0.15, -0.1) is 0 Å². The normalized spacial score (nSPS) is 14.6. The summed E-state index contributed by atoms with van der Waals surface area (Å²) in [5.41, 5.74) is 0. The van der Waals surface area contributed by atoms with E-state index in [0.29, 0.717) is 24.4 Å². The van der Waals surface area contributed by atoms with E-state index in [9.17, 15) is 0 Å². The number of hydrogen-bond acceptors (Lipinski definition) is 2. The van der Waals surface area contributed by atoms with Crippen molar-refractivity contribution in [3.8, 4) is 0 Å². The first-order valence-electron chi connectivity index (χ1n) is 11.2. The Hall–Kier alpha value is -0.340. The van der Waals surface area contributed by atoms with E-state index in [1.165, 1.54) is 57.8 Å². The van der Waals surface area contributed by atoms with Crippen molar-refractivity contribution >= 4 is 0 Å². The average Bonchev–Trinajstić information content (AvgIpc) is 2.58. The van der Waals surface area contributed by atoms with Crippen LogP contribution in [0.15, 0.2) is 12.2 Å². The first-order valence-corrected chi connectivity index (χ1v) is 11.2. The predicted molar refractivity (Wildman–Crippen MR) is 116 cm³/mol. The van der Waals surface area contributed by atoms with Gasteiger partial charge in [-0.25, -0.2) is 0 Å². The molecule has 2 atom stereocenters. The molecule has 0 bridgehead atoms. The molecule has 1 radical (unpaired) electrons. The van der Waals surface area contributed by atoms with Crippen LogP contribution in [0.5, 0.6) is 0 Å². The maximum Gasteiger partial charge on any atom is 0.0581 e. The molecule has 26 heavy (non-hydrogen) atoms. The Bertz CT molecular complexity index is 309. The third-order valence-corrected chi connectivity index (χ3v) is 4.60. The van der Waals surface area contributed by atoms with Gasteiger partial charge < -0.3 is 9.47 Å². The summed E-state index contributed by atoms with van der Waals surface area (Å²) >= 11 is 0. The van der Waals surface area contributed by atoms with E-state index in [1.54, 1.807) is 0 Å². The monoisotopic (exact) mass is 367 g/mol. The van der Waals surface area contributed by atoms with E-state index >= 15 is 0 Å². The maximum atomic E-state index is 6.09. The molecule has 0 aliphatic heterocycles. The van der Waals surface area contributed by atoms with E-state index in [4.69, 9.17) is 9.47 Å². The molecule has 0 fully saturated rings. The molecule has 0 aromatic carbocycles. The minimum atomic E-state index is 0.323. The molecular formula is C24H47O2. The third-order valence-electron chi connectivity index (χ3n) is 4.60. The highest BCUT2D eigenvalue weighted by Crippen LogP contribution is 2.18. The molecule has 0 aromatic rings. The zero-order valence-corrected chi connectivity index (χ0v) is 18.5. The molecule has 0 N–H and O–H groups in total. The highest BCUT2D eigenvalue weighted by Gasteiger charge is 2.12. The first kappa shape index (κ1) is 25.7. The van der Waals surface area contributed by atoms with E-state index < -0.39 is 0 Å². The van der Waals surface area contributed by atoms with Gasteiger partial charge in [0.05, 0.1) is 24.4 Å². The largest absolute Gasteiger partial charge is 0.376 e. The molecule has 2 nitrogen and oxygen atoms in total. The molecule has 0 aliphatic rings. The lowest BCUT2D eigenvalue weighted by Crippen LogP contribution is -2.18. The Morgan fingerprint density at radius 1 is 0.692 bits per heavy atom. The Labute approximate surface area is 165 Å². The van der Waals surface area contributed by atoms with Gasteiger partial charge in [0.1, 0.15) is 0 Å². The fourth-order valence-electron chi connectivity index (χ4n) is 3.38. The van der Waals surface area contributed by atoms with Crippen molar-refractivity contribution in [1.29, 1.82) is 0 Å². The van der Waals surface area contributed by atoms with Crippen LogP contribution in [0.1, 0.15) is 112 Å². The van der Waals surface area contributed by atoms with E-state index in [-0.39, 0.29) is 0 Å². The lowest BCUT2D eigenvalue weighted by molar-refractivity contribution is -0.00528. The van der Waals surface area contributed by atoms with Crippen LogP contribution in [0.3, 0.4) is 0 Å². The summed E-state index contributed by atoms with van der Waals surface area (Å²) in [6.45, 7) is 14.7. The highest BCUT2D eigenvalue weighted by molar-refractivity contribution is 4.83. The van der Waals surface area contributed by atoms with Crippen molar-refractivity contribution in [2.45, 2.75) is 136 Å². The lowest BCUT2D eigenvalue weighted by Gasteiger charge is -2.21. The minimum absolute atomic E-state index is 0.323. The Morgan fingerprint density at radius 2 is 1.19 bits per heavy atom. The summed E-state index contributed by atoms with van der Waals surface area (Å²) in [6.07, 6.45) is 20.5. The summed E-state index contributed by atoms with van der Waals surface area (Å²) in [7, 11) is 0. The fourth-order valence-corrected chi connectivity index (χ4v) is 3.38. The van der Waals surface area contributed by atoms with Crippen LogP contribution in [0, 0.1) is 6.92 Å². The average molecular weight is 368 g/mol. The second-order valence-corrected chi connectivity index (χ2v) is 8.08. The van der Waals surface area contributed by atoms with Crippen molar-refractivity contribution in [3.05, 3.63) is 19.1 Å². The molecule has 0 heterocycles. The maximum absolute atomic E-state index is 6.09. The number of hydrogen-bond donors (Lipinski definition) is 0. The van der Waals surface area contributed by atoms with Crippen LogP contribution in [0.4, 0.5) is 0 Å². The van der Waals surface area contributed by atoms with E-state index in [0.717, 1.165) is 19.3 Å². The van der Waals surface area contributed by atoms with Gasteiger partial charge in [0.15, 0.2) is 0 Å². The molecule has 2 heteroatoms. The standard InChI is InChI=1S/C24H47O2/c1-7-9-11-14-18-24(26-22(5)6)20-16-13-12-15-19-23(17-10-8-2)25-21(3)4/h9,11,21-24H,1,7-8,10,12-20H2,2-6H3/b11-9+. The van der Waals surface area contributed by atoms with Crippen LogP contribution < -0.4 is 0 Å². The summed E-state index contributed by atoms with van der Waals surface area (Å²) in [4.78, 5) is 0. The molecule has 0 saturated carbocycles. The smallest absolute Gasteiger partial charge is 0.0581 e.